The third kappa shape index (κ3) is 2.82. The average molecular weight is 273 g/mol. The molecule has 1 N–H and O–H groups in total. The molecule has 1 nitrogen and oxygen atoms in total. The molecule has 0 amide bonds. The molecule has 0 saturated heterocycles. The summed E-state index contributed by atoms with van der Waals surface area (Å²) in [7, 11) is 0. The highest BCUT2D eigenvalue weighted by Crippen LogP contribution is 2.39. The lowest BCUT2D eigenvalue weighted by atomic mass is 10.1. The van der Waals surface area contributed by atoms with E-state index in [4.69, 9.17) is 0 Å². The molecular weight excluding hydrogens is 256 g/mol. The Labute approximate surface area is 117 Å². The Morgan fingerprint density at radius 2 is 1.75 bits per heavy atom. The minimum absolute atomic E-state index is 0.208. The molecule has 1 saturated carbocycles. The summed E-state index contributed by atoms with van der Waals surface area (Å²) in [6, 6.07) is 10.8. The van der Waals surface area contributed by atoms with Gasteiger partial charge in [-0.15, -0.1) is 0 Å². The minimum Gasteiger partial charge on any atom is -0.379 e. The molecule has 3 rings (SSSR count). The van der Waals surface area contributed by atoms with Crippen molar-refractivity contribution in [2.45, 2.75) is 32.2 Å². The van der Waals surface area contributed by atoms with Crippen LogP contribution in [0.25, 0.3) is 0 Å². The standard InChI is InChI=1S/C17H17F2N/c1-11-8-16(19)17(9-15(11)18)20-10-12-2-4-13(5-3-12)14-6-7-14/h2-5,8-9,14,20H,6-7,10H2,1H3. The number of halogens is 2. The number of anilines is 1. The summed E-state index contributed by atoms with van der Waals surface area (Å²) in [5.41, 5.74) is 2.97. The van der Waals surface area contributed by atoms with Crippen molar-refractivity contribution in [1.29, 1.82) is 0 Å². The summed E-state index contributed by atoms with van der Waals surface area (Å²) in [5, 5.41) is 2.95. The molecule has 0 aliphatic heterocycles. The van der Waals surface area contributed by atoms with Gasteiger partial charge in [0.15, 0.2) is 0 Å². The molecule has 2 aromatic rings. The summed E-state index contributed by atoms with van der Waals surface area (Å²) in [6.45, 7) is 2.04. The fourth-order valence-corrected chi connectivity index (χ4v) is 2.30. The first kappa shape index (κ1) is 13.1. The number of hydrogen-bond donors (Lipinski definition) is 1. The average Bonchev–Trinajstić information content (AvgIpc) is 3.26. The maximum absolute atomic E-state index is 13.7. The topological polar surface area (TPSA) is 12.0 Å². The highest BCUT2D eigenvalue weighted by Gasteiger charge is 2.22. The van der Waals surface area contributed by atoms with Crippen LogP contribution in [0.4, 0.5) is 14.5 Å². The Morgan fingerprint density at radius 3 is 2.40 bits per heavy atom. The molecule has 2 aromatic carbocycles. The van der Waals surface area contributed by atoms with Crippen LogP contribution in [0.2, 0.25) is 0 Å². The third-order valence-corrected chi connectivity index (χ3v) is 3.76. The Hall–Kier alpha value is -1.90. The normalized spacial score (nSPS) is 14.3. The highest BCUT2D eigenvalue weighted by molar-refractivity contribution is 5.47. The van der Waals surface area contributed by atoms with Crippen molar-refractivity contribution in [3.05, 3.63) is 64.7 Å². The van der Waals surface area contributed by atoms with Gasteiger partial charge in [0, 0.05) is 12.6 Å². The summed E-state index contributed by atoms with van der Waals surface area (Å²) >= 11 is 0. The molecule has 0 bridgehead atoms. The minimum atomic E-state index is -0.418. The van der Waals surface area contributed by atoms with Crippen LogP contribution in [-0.2, 0) is 6.54 Å². The smallest absolute Gasteiger partial charge is 0.146 e. The van der Waals surface area contributed by atoms with E-state index in [0.29, 0.717) is 12.1 Å². The number of benzene rings is 2. The second-order valence-corrected chi connectivity index (χ2v) is 5.45. The van der Waals surface area contributed by atoms with E-state index in [-0.39, 0.29) is 5.69 Å². The first-order valence-electron chi connectivity index (χ1n) is 6.92. The number of hydrogen-bond acceptors (Lipinski definition) is 1. The largest absolute Gasteiger partial charge is 0.379 e. The molecule has 104 valence electrons. The van der Waals surface area contributed by atoms with Gasteiger partial charge in [0.1, 0.15) is 11.6 Å². The molecule has 0 spiro atoms. The van der Waals surface area contributed by atoms with Gasteiger partial charge in [0.2, 0.25) is 0 Å². The SMILES string of the molecule is Cc1cc(F)c(NCc2ccc(C3CC3)cc2)cc1F. The summed E-state index contributed by atoms with van der Waals surface area (Å²) in [5.74, 6) is -0.0721. The van der Waals surface area contributed by atoms with E-state index in [1.165, 1.54) is 30.5 Å². The fourth-order valence-electron chi connectivity index (χ4n) is 2.30. The van der Waals surface area contributed by atoms with Crippen molar-refractivity contribution < 1.29 is 8.78 Å². The van der Waals surface area contributed by atoms with Gasteiger partial charge < -0.3 is 5.32 Å². The molecule has 1 aliphatic rings. The van der Waals surface area contributed by atoms with E-state index in [0.717, 1.165) is 11.5 Å². The van der Waals surface area contributed by atoms with E-state index < -0.39 is 11.6 Å². The molecule has 0 radical (unpaired) electrons. The van der Waals surface area contributed by atoms with Crippen LogP contribution in [-0.4, -0.2) is 0 Å². The Morgan fingerprint density at radius 1 is 1.05 bits per heavy atom. The van der Waals surface area contributed by atoms with Gasteiger partial charge in [-0.05, 0) is 48.4 Å². The van der Waals surface area contributed by atoms with Gasteiger partial charge >= 0.3 is 0 Å². The number of rotatable bonds is 4. The van der Waals surface area contributed by atoms with Gasteiger partial charge in [0.25, 0.3) is 0 Å². The Kier molecular flexibility index (Phi) is 3.43. The van der Waals surface area contributed by atoms with Crippen LogP contribution in [0.3, 0.4) is 0 Å². The van der Waals surface area contributed by atoms with Crippen LogP contribution in [0.5, 0.6) is 0 Å². The van der Waals surface area contributed by atoms with E-state index in [2.05, 4.69) is 17.4 Å². The van der Waals surface area contributed by atoms with Crippen molar-refractivity contribution in [2.75, 3.05) is 5.32 Å². The van der Waals surface area contributed by atoms with Crippen LogP contribution in [0, 0.1) is 18.6 Å². The van der Waals surface area contributed by atoms with Crippen LogP contribution in [0.1, 0.15) is 35.4 Å². The second-order valence-electron chi connectivity index (χ2n) is 5.45. The first-order chi connectivity index (χ1) is 9.63. The van der Waals surface area contributed by atoms with Crippen LogP contribution in [0.15, 0.2) is 36.4 Å². The maximum Gasteiger partial charge on any atom is 0.146 e. The van der Waals surface area contributed by atoms with Crippen molar-refractivity contribution in [2.24, 2.45) is 0 Å². The molecule has 0 aromatic heterocycles. The van der Waals surface area contributed by atoms with Crippen molar-refractivity contribution in [3.63, 3.8) is 0 Å². The Balaban J connectivity index is 1.68. The maximum atomic E-state index is 13.7. The Bertz CT molecular complexity index is 616. The summed E-state index contributed by atoms with van der Waals surface area (Å²) < 4.78 is 27.1. The number of aryl methyl sites for hydroxylation is 1. The van der Waals surface area contributed by atoms with Gasteiger partial charge in [0.05, 0.1) is 5.69 Å². The van der Waals surface area contributed by atoms with E-state index in [1.807, 2.05) is 12.1 Å². The third-order valence-electron chi connectivity index (χ3n) is 3.76. The molecule has 1 aliphatic carbocycles. The molecule has 0 heterocycles. The fraction of sp³-hybridized carbons (Fsp3) is 0.294. The zero-order valence-corrected chi connectivity index (χ0v) is 11.4. The van der Waals surface area contributed by atoms with Crippen molar-refractivity contribution in [3.8, 4) is 0 Å². The van der Waals surface area contributed by atoms with Gasteiger partial charge in [-0.25, -0.2) is 8.78 Å². The predicted molar refractivity (Wildman–Crippen MR) is 76.8 cm³/mol. The molecule has 0 unspecified atom stereocenters. The summed E-state index contributed by atoms with van der Waals surface area (Å²) in [4.78, 5) is 0. The molecule has 20 heavy (non-hydrogen) atoms. The number of nitrogens with one attached hydrogen (secondary N) is 1. The van der Waals surface area contributed by atoms with Crippen molar-refractivity contribution in [1.82, 2.24) is 0 Å². The van der Waals surface area contributed by atoms with Gasteiger partial charge in [-0.1, -0.05) is 24.3 Å². The zero-order valence-electron chi connectivity index (χ0n) is 11.4. The first-order valence-corrected chi connectivity index (χ1v) is 6.92. The van der Waals surface area contributed by atoms with E-state index in [9.17, 15) is 8.78 Å². The second kappa shape index (κ2) is 5.23. The molecule has 1 fully saturated rings. The van der Waals surface area contributed by atoms with Crippen LogP contribution < -0.4 is 5.32 Å². The molecular formula is C17H17F2N. The van der Waals surface area contributed by atoms with Crippen molar-refractivity contribution >= 4 is 5.69 Å². The quantitative estimate of drug-likeness (QED) is 0.846. The van der Waals surface area contributed by atoms with Gasteiger partial charge in [-0.3, -0.25) is 0 Å². The van der Waals surface area contributed by atoms with Gasteiger partial charge in [-0.2, -0.15) is 0 Å². The molecule has 3 heteroatoms. The predicted octanol–water partition coefficient (Wildman–Crippen LogP) is 4.76. The lowest BCUT2D eigenvalue weighted by molar-refractivity contribution is 0.594. The highest BCUT2D eigenvalue weighted by atomic mass is 19.1. The van der Waals surface area contributed by atoms with Crippen LogP contribution >= 0.6 is 0 Å². The molecule has 0 atom stereocenters. The van der Waals surface area contributed by atoms with E-state index in [1.54, 1.807) is 6.92 Å². The van der Waals surface area contributed by atoms with E-state index >= 15 is 0 Å². The lowest BCUT2D eigenvalue weighted by Gasteiger charge is -2.09. The zero-order chi connectivity index (χ0) is 14.1. The lowest BCUT2D eigenvalue weighted by Crippen LogP contribution is -2.03. The monoisotopic (exact) mass is 273 g/mol. The summed E-state index contributed by atoms with van der Waals surface area (Å²) in [6.07, 6.45) is 2.57.